The summed E-state index contributed by atoms with van der Waals surface area (Å²) < 4.78 is 9.69. The lowest BCUT2D eigenvalue weighted by Crippen LogP contribution is -2.45. The Morgan fingerprint density at radius 3 is 2.29 bits per heavy atom. The maximum absolute atomic E-state index is 12.1. The average molecular weight is 383 g/mol. The largest absolute Gasteiger partial charge is 0.494 e. The summed E-state index contributed by atoms with van der Waals surface area (Å²) in [6, 6.07) is 2.74. The zero-order valence-corrected chi connectivity index (χ0v) is 14.0. The third-order valence-corrected chi connectivity index (χ3v) is 3.66. The molecule has 0 aliphatic heterocycles. The molecule has 0 saturated heterocycles. The second-order valence-corrected chi connectivity index (χ2v) is 5.48. The monoisotopic (exact) mass is 382 g/mol. The first-order valence-corrected chi connectivity index (χ1v) is 7.37. The second kappa shape index (κ2) is 9.16. The quantitative estimate of drug-likeness (QED) is 0.454. The molecule has 0 aromatic heterocycles. The number of ketones is 1. The molecule has 0 bridgehead atoms. The van der Waals surface area contributed by atoms with Gasteiger partial charge in [-0.15, -0.1) is 0 Å². The Kier molecular flexibility index (Phi) is 7.88. The summed E-state index contributed by atoms with van der Waals surface area (Å²) in [5, 5.41) is 36.9. The first-order valence-electron chi connectivity index (χ1n) is 6.61. The highest BCUT2D eigenvalue weighted by Gasteiger charge is 2.31. The van der Waals surface area contributed by atoms with E-state index in [1.54, 1.807) is 0 Å². The second-order valence-electron chi connectivity index (χ2n) is 4.67. The van der Waals surface area contributed by atoms with Crippen molar-refractivity contribution in [1.29, 1.82) is 0 Å². The summed E-state index contributed by atoms with van der Waals surface area (Å²) in [4.78, 5) is 23.7. The molecule has 3 atom stereocenters. The number of carbonyl (C=O) groups excluding carboxylic acids is 2. The normalized spacial score (nSPS) is 14.6. The molecule has 0 unspecified atom stereocenters. The van der Waals surface area contributed by atoms with E-state index in [1.165, 1.54) is 19.2 Å². The number of aliphatic hydroxyl groups excluding tert-OH is 4. The number of Topliss-reactive ketones (excluding diaryl/α,β-unsaturated/α-hetero) is 1. The van der Waals surface area contributed by atoms with Crippen LogP contribution in [0.1, 0.15) is 10.4 Å². The van der Waals surface area contributed by atoms with E-state index in [4.69, 9.17) is 42.9 Å². The standard InChI is InChI=1S/C14H16Cl2O8/c1-23-13-7(16)3-2-6(15)10(13)14(22)24-5-9(19)12(21)11(20)8(18)4-17/h2-3,8,11-12,17-18,20-21H,4-5H2,1H3/t8-,11-,12-/m1/s1. The number of ether oxygens (including phenoxy) is 2. The van der Waals surface area contributed by atoms with Gasteiger partial charge in [0, 0.05) is 0 Å². The van der Waals surface area contributed by atoms with E-state index in [1.807, 2.05) is 0 Å². The fourth-order valence-electron chi connectivity index (χ4n) is 1.73. The van der Waals surface area contributed by atoms with Crippen LogP contribution in [0.3, 0.4) is 0 Å². The van der Waals surface area contributed by atoms with Crippen molar-refractivity contribution in [2.24, 2.45) is 0 Å². The van der Waals surface area contributed by atoms with Crippen molar-refractivity contribution in [1.82, 2.24) is 0 Å². The summed E-state index contributed by atoms with van der Waals surface area (Å²) in [6.45, 7) is -1.76. The van der Waals surface area contributed by atoms with Gasteiger partial charge in [0.25, 0.3) is 0 Å². The van der Waals surface area contributed by atoms with Crippen molar-refractivity contribution in [2.45, 2.75) is 18.3 Å². The molecule has 0 radical (unpaired) electrons. The van der Waals surface area contributed by atoms with Crippen LogP contribution in [0.25, 0.3) is 0 Å². The van der Waals surface area contributed by atoms with Crippen LogP contribution in [0, 0.1) is 0 Å². The van der Waals surface area contributed by atoms with Crippen molar-refractivity contribution < 1.29 is 39.5 Å². The first kappa shape index (κ1) is 20.6. The van der Waals surface area contributed by atoms with E-state index in [2.05, 4.69) is 0 Å². The van der Waals surface area contributed by atoms with Crippen molar-refractivity contribution in [3.05, 3.63) is 27.7 Å². The predicted molar refractivity (Wildman–Crippen MR) is 83.4 cm³/mol. The van der Waals surface area contributed by atoms with Crippen LogP contribution in [0.2, 0.25) is 10.0 Å². The summed E-state index contributed by atoms with van der Waals surface area (Å²) in [7, 11) is 1.26. The molecular weight excluding hydrogens is 367 g/mol. The van der Waals surface area contributed by atoms with Gasteiger partial charge in [-0.2, -0.15) is 0 Å². The van der Waals surface area contributed by atoms with E-state index < -0.39 is 43.3 Å². The van der Waals surface area contributed by atoms with E-state index in [0.717, 1.165) is 0 Å². The Bertz CT molecular complexity index is 607. The zero-order chi connectivity index (χ0) is 18.4. The molecule has 0 fully saturated rings. The fourth-order valence-corrected chi connectivity index (χ4v) is 2.19. The molecule has 1 aromatic carbocycles. The van der Waals surface area contributed by atoms with Gasteiger partial charge in [0.15, 0.2) is 12.4 Å². The molecule has 10 heteroatoms. The Morgan fingerprint density at radius 2 is 1.75 bits per heavy atom. The van der Waals surface area contributed by atoms with E-state index >= 15 is 0 Å². The topological polar surface area (TPSA) is 134 Å². The average Bonchev–Trinajstić information content (AvgIpc) is 2.58. The molecule has 1 rings (SSSR count). The minimum Gasteiger partial charge on any atom is -0.494 e. The first-order chi connectivity index (χ1) is 11.2. The summed E-state index contributed by atoms with van der Waals surface area (Å²) in [5.41, 5.74) is -0.204. The summed E-state index contributed by atoms with van der Waals surface area (Å²) >= 11 is 11.8. The van der Waals surface area contributed by atoms with Gasteiger partial charge >= 0.3 is 5.97 Å². The van der Waals surface area contributed by atoms with Gasteiger partial charge in [-0.05, 0) is 12.1 Å². The molecule has 0 aliphatic carbocycles. The van der Waals surface area contributed by atoms with Crippen molar-refractivity contribution >= 4 is 35.0 Å². The highest BCUT2D eigenvalue weighted by Crippen LogP contribution is 2.34. The van der Waals surface area contributed by atoms with E-state index in [0.29, 0.717) is 0 Å². The number of halogens is 2. The van der Waals surface area contributed by atoms with Crippen molar-refractivity contribution in [3.8, 4) is 5.75 Å². The molecule has 1 aromatic rings. The van der Waals surface area contributed by atoms with Crippen LogP contribution >= 0.6 is 23.2 Å². The molecule has 24 heavy (non-hydrogen) atoms. The molecule has 0 saturated carbocycles. The van der Waals surface area contributed by atoms with E-state index in [-0.39, 0.29) is 21.4 Å². The predicted octanol–water partition coefficient (Wildman–Crippen LogP) is -0.197. The maximum atomic E-state index is 12.1. The number of rotatable bonds is 8. The maximum Gasteiger partial charge on any atom is 0.343 e. The van der Waals surface area contributed by atoms with Crippen LogP contribution in [0.5, 0.6) is 5.75 Å². The number of hydrogen-bond donors (Lipinski definition) is 4. The fraction of sp³-hybridized carbons (Fsp3) is 0.429. The molecular formula is C14H16Cl2O8. The molecule has 8 nitrogen and oxygen atoms in total. The highest BCUT2D eigenvalue weighted by atomic mass is 35.5. The minimum absolute atomic E-state index is 0.0232. The lowest BCUT2D eigenvalue weighted by atomic mass is 10.1. The summed E-state index contributed by atoms with van der Waals surface area (Å²) in [6.07, 6.45) is -5.69. The molecule has 0 heterocycles. The third kappa shape index (κ3) is 4.79. The van der Waals surface area contributed by atoms with Gasteiger partial charge in [-0.1, -0.05) is 23.2 Å². The van der Waals surface area contributed by atoms with Crippen LogP contribution in [0.15, 0.2) is 12.1 Å². The smallest absolute Gasteiger partial charge is 0.343 e. The van der Waals surface area contributed by atoms with Gasteiger partial charge < -0.3 is 29.9 Å². The van der Waals surface area contributed by atoms with Gasteiger partial charge in [-0.25, -0.2) is 4.79 Å². The molecule has 4 N–H and O–H groups in total. The molecule has 0 spiro atoms. The number of hydrogen-bond acceptors (Lipinski definition) is 8. The van der Waals surface area contributed by atoms with Gasteiger partial charge in [-0.3, -0.25) is 4.79 Å². The Hall–Kier alpha value is -1.42. The van der Waals surface area contributed by atoms with Crippen LogP contribution in [0.4, 0.5) is 0 Å². The van der Waals surface area contributed by atoms with Crippen LogP contribution in [-0.4, -0.2) is 70.8 Å². The Morgan fingerprint density at radius 1 is 1.17 bits per heavy atom. The number of aliphatic hydroxyl groups is 4. The molecule has 0 aliphatic rings. The number of esters is 1. The van der Waals surface area contributed by atoms with Crippen molar-refractivity contribution in [3.63, 3.8) is 0 Å². The number of carbonyl (C=O) groups is 2. The SMILES string of the molecule is COc1c(Cl)ccc(Cl)c1C(=O)OCC(=O)[C@@H](O)[C@H](O)[C@H](O)CO. The summed E-state index contributed by atoms with van der Waals surface area (Å²) in [5.74, 6) is -2.16. The Balaban J connectivity index is 2.80. The van der Waals surface area contributed by atoms with Gasteiger partial charge in [0.2, 0.25) is 5.78 Å². The molecule has 0 amide bonds. The lowest BCUT2D eigenvalue weighted by molar-refractivity contribution is -0.143. The highest BCUT2D eigenvalue weighted by molar-refractivity contribution is 6.37. The van der Waals surface area contributed by atoms with E-state index in [9.17, 15) is 19.8 Å². The third-order valence-electron chi connectivity index (χ3n) is 3.05. The number of methoxy groups -OCH3 is 1. The van der Waals surface area contributed by atoms with Crippen LogP contribution < -0.4 is 4.74 Å². The zero-order valence-electron chi connectivity index (χ0n) is 12.5. The van der Waals surface area contributed by atoms with Gasteiger partial charge in [0.05, 0.1) is 23.8 Å². The Labute approximate surface area is 147 Å². The van der Waals surface area contributed by atoms with Crippen LogP contribution in [-0.2, 0) is 9.53 Å². The molecule has 134 valence electrons. The lowest BCUT2D eigenvalue weighted by Gasteiger charge is -2.20. The van der Waals surface area contributed by atoms with Crippen molar-refractivity contribution in [2.75, 3.05) is 20.3 Å². The number of benzene rings is 1. The van der Waals surface area contributed by atoms with Gasteiger partial charge in [0.1, 0.15) is 23.9 Å². The minimum atomic E-state index is -2.04.